The standard InChI is InChI=1S/C39H32N2O3/c1-24-20-28(10-11-29-12-14-32-23-33(44-5)17-15-31(32)22-29)13-18-36(24)41-37(40-35-9-7-6-8-34(35)39(41)43)19-16-30-21-25(2)38(42)27(4)26(30)3/h6-9,12-23,42H,1-5H3. The van der Waals surface area contributed by atoms with Crippen LogP contribution in [0.5, 0.6) is 11.5 Å². The lowest BCUT2D eigenvalue weighted by Gasteiger charge is -2.15. The van der Waals surface area contributed by atoms with E-state index in [-0.39, 0.29) is 5.56 Å². The minimum absolute atomic E-state index is 0.139. The fourth-order valence-electron chi connectivity index (χ4n) is 5.49. The molecular formula is C39H32N2O3. The van der Waals surface area contributed by atoms with E-state index in [1.165, 1.54) is 0 Å². The molecule has 0 saturated heterocycles. The lowest BCUT2D eigenvalue weighted by Crippen LogP contribution is -2.23. The minimum Gasteiger partial charge on any atom is -0.507 e. The summed E-state index contributed by atoms with van der Waals surface area (Å²) < 4.78 is 7.00. The van der Waals surface area contributed by atoms with Crippen molar-refractivity contribution in [1.82, 2.24) is 9.55 Å². The van der Waals surface area contributed by atoms with Crippen LogP contribution in [0.25, 0.3) is 39.5 Å². The van der Waals surface area contributed by atoms with E-state index in [0.29, 0.717) is 22.5 Å². The Labute approximate surface area is 256 Å². The molecule has 0 atom stereocenters. The molecule has 0 aliphatic carbocycles. The number of benzene rings is 5. The van der Waals surface area contributed by atoms with Gasteiger partial charge in [0.05, 0.1) is 23.7 Å². The Bertz CT molecular complexity index is 2250. The molecule has 0 bridgehead atoms. The van der Waals surface area contributed by atoms with Gasteiger partial charge in [-0.25, -0.2) is 4.98 Å². The van der Waals surface area contributed by atoms with Gasteiger partial charge in [0, 0.05) is 11.1 Å². The van der Waals surface area contributed by atoms with Gasteiger partial charge in [0.2, 0.25) is 0 Å². The monoisotopic (exact) mass is 576 g/mol. The first-order chi connectivity index (χ1) is 21.2. The SMILES string of the molecule is COc1ccc2cc(C#Cc3ccc(-n4c(C=Cc5cc(C)c(O)c(C)c5C)nc5ccccc5c4=O)c(C)c3)ccc2c1. The largest absolute Gasteiger partial charge is 0.507 e. The Morgan fingerprint density at radius 2 is 1.48 bits per heavy atom. The van der Waals surface area contributed by atoms with Gasteiger partial charge < -0.3 is 9.84 Å². The molecule has 0 saturated carbocycles. The normalized spacial score (nSPS) is 11.2. The molecule has 0 radical (unpaired) electrons. The van der Waals surface area contributed by atoms with E-state index in [1.54, 1.807) is 17.7 Å². The molecule has 1 aromatic heterocycles. The summed E-state index contributed by atoms with van der Waals surface area (Å²) in [5.74, 6) is 8.21. The van der Waals surface area contributed by atoms with Crippen molar-refractivity contribution in [2.75, 3.05) is 7.11 Å². The Kier molecular flexibility index (Phi) is 7.51. The molecule has 0 aliphatic heterocycles. The van der Waals surface area contributed by atoms with Gasteiger partial charge in [-0.05, 0) is 133 Å². The molecule has 6 aromatic rings. The van der Waals surface area contributed by atoms with E-state index in [2.05, 4.69) is 17.9 Å². The number of phenolic OH excluding ortho intramolecular Hbond substituents is 1. The molecule has 44 heavy (non-hydrogen) atoms. The Morgan fingerprint density at radius 1 is 0.773 bits per heavy atom. The van der Waals surface area contributed by atoms with Crippen LogP contribution in [-0.2, 0) is 0 Å². The first-order valence-electron chi connectivity index (χ1n) is 14.4. The number of aromatic hydroxyl groups is 1. The first-order valence-corrected chi connectivity index (χ1v) is 14.4. The number of ether oxygens (including phenoxy) is 1. The highest BCUT2D eigenvalue weighted by molar-refractivity contribution is 5.85. The average molecular weight is 577 g/mol. The van der Waals surface area contributed by atoms with Crippen molar-refractivity contribution in [3.05, 3.63) is 140 Å². The highest BCUT2D eigenvalue weighted by Gasteiger charge is 2.14. The number of nitrogens with zero attached hydrogens (tertiary/aromatic N) is 2. The number of para-hydroxylation sites is 1. The van der Waals surface area contributed by atoms with Crippen LogP contribution >= 0.6 is 0 Å². The number of hydrogen-bond donors (Lipinski definition) is 1. The van der Waals surface area contributed by atoms with Gasteiger partial charge >= 0.3 is 0 Å². The first kappa shape index (κ1) is 28.5. The van der Waals surface area contributed by atoms with Gasteiger partial charge in [-0.15, -0.1) is 0 Å². The lowest BCUT2D eigenvalue weighted by molar-refractivity contribution is 0.415. The van der Waals surface area contributed by atoms with Crippen LogP contribution in [0.2, 0.25) is 0 Å². The zero-order valence-corrected chi connectivity index (χ0v) is 25.4. The van der Waals surface area contributed by atoms with Crippen molar-refractivity contribution in [1.29, 1.82) is 0 Å². The van der Waals surface area contributed by atoms with Crippen molar-refractivity contribution < 1.29 is 9.84 Å². The van der Waals surface area contributed by atoms with Crippen LogP contribution in [0, 0.1) is 39.5 Å². The molecular weight excluding hydrogens is 544 g/mol. The second-order valence-corrected chi connectivity index (χ2v) is 11.0. The van der Waals surface area contributed by atoms with Crippen LogP contribution in [0.3, 0.4) is 0 Å². The zero-order valence-electron chi connectivity index (χ0n) is 25.4. The van der Waals surface area contributed by atoms with Crippen LogP contribution in [0.4, 0.5) is 0 Å². The van der Waals surface area contributed by atoms with Crippen LogP contribution < -0.4 is 10.3 Å². The Morgan fingerprint density at radius 3 is 2.25 bits per heavy atom. The number of fused-ring (bicyclic) bond motifs is 2. The summed E-state index contributed by atoms with van der Waals surface area (Å²) >= 11 is 0. The second-order valence-electron chi connectivity index (χ2n) is 11.0. The number of hydrogen-bond acceptors (Lipinski definition) is 4. The summed E-state index contributed by atoms with van der Waals surface area (Å²) in [6, 6.07) is 27.3. The molecule has 5 heteroatoms. The van der Waals surface area contributed by atoms with Crippen molar-refractivity contribution in [3.63, 3.8) is 0 Å². The van der Waals surface area contributed by atoms with Gasteiger partial charge in [0.25, 0.3) is 5.56 Å². The molecule has 0 amide bonds. The quantitative estimate of drug-likeness (QED) is 0.216. The van der Waals surface area contributed by atoms with Gasteiger partial charge in [0.15, 0.2) is 0 Å². The lowest BCUT2D eigenvalue weighted by atomic mass is 9.98. The van der Waals surface area contributed by atoms with Gasteiger partial charge in [-0.1, -0.05) is 42.2 Å². The van der Waals surface area contributed by atoms with Gasteiger partial charge in [0.1, 0.15) is 17.3 Å². The summed E-state index contributed by atoms with van der Waals surface area (Å²) in [5, 5.41) is 13.1. The molecule has 1 N–H and O–H groups in total. The zero-order chi connectivity index (χ0) is 31.0. The predicted molar refractivity (Wildman–Crippen MR) is 180 cm³/mol. The van der Waals surface area contributed by atoms with Crippen molar-refractivity contribution in [2.45, 2.75) is 27.7 Å². The van der Waals surface area contributed by atoms with Gasteiger partial charge in [-0.3, -0.25) is 9.36 Å². The molecule has 0 spiro atoms. The topological polar surface area (TPSA) is 64.3 Å². The Balaban J connectivity index is 1.41. The summed E-state index contributed by atoms with van der Waals surface area (Å²) in [7, 11) is 1.67. The van der Waals surface area contributed by atoms with Gasteiger partial charge in [-0.2, -0.15) is 0 Å². The third-order valence-electron chi connectivity index (χ3n) is 8.15. The molecule has 0 aliphatic rings. The molecule has 5 nitrogen and oxygen atoms in total. The van der Waals surface area contributed by atoms with Crippen molar-refractivity contribution in [3.8, 4) is 29.0 Å². The number of phenols is 1. The van der Waals surface area contributed by atoms with Crippen LogP contribution in [0.15, 0.2) is 89.7 Å². The third-order valence-corrected chi connectivity index (χ3v) is 8.15. The number of rotatable bonds is 4. The van der Waals surface area contributed by atoms with E-state index in [9.17, 15) is 9.90 Å². The number of methoxy groups -OCH3 is 1. The maximum Gasteiger partial charge on any atom is 0.266 e. The summed E-state index contributed by atoms with van der Waals surface area (Å²) in [5.41, 5.74) is 7.49. The predicted octanol–water partition coefficient (Wildman–Crippen LogP) is 8.06. The molecule has 1 heterocycles. The third kappa shape index (κ3) is 5.34. The molecule has 0 fully saturated rings. The molecule has 5 aromatic carbocycles. The van der Waals surface area contributed by atoms with E-state index in [4.69, 9.17) is 9.72 Å². The maximum atomic E-state index is 13.9. The summed E-state index contributed by atoms with van der Waals surface area (Å²) in [4.78, 5) is 18.8. The van der Waals surface area contributed by atoms with E-state index in [1.807, 2.05) is 113 Å². The summed E-state index contributed by atoms with van der Waals surface area (Å²) in [6.45, 7) is 7.75. The average Bonchev–Trinajstić information content (AvgIpc) is 3.04. The van der Waals surface area contributed by atoms with Crippen molar-refractivity contribution in [2.24, 2.45) is 0 Å². The van der Waals surface area contributed by atoms with E-state index >= 15 is 0 Å². The molecule has 216 valence electrons. The highest BCUT2D eigenvalue weighted by atomic mass is 16.5. The molecule has 6 rings (SSSR count). The van der Waals surface area contributed by atoms with E-state index in [0.717, 1.165) is 61.2 Å². The summed E-state index contributed by atoms with van der Waals surface area (Å²) in [6.07, 6.45) is 3.82. The maximum absolute atomic E-state index is 13.9. The fourth-order valence-corrected chi connectivity index (χ4v) is 5.49. The minimum atomic E-state index is -0.139. The molecule has 0 unspecified atom stereocenters. The van der Waals surface area contributed by atoms with E-state index < -0.39 is 0 Å². The fraction of sp³-hybridized carbons (Fsp3) is 0.128. The van der Waals surface area contributed by atoms with Crippen molar-refractivity contribution >= 4 is 33.8 Å². The van der Waals surface area contributed by atoms with Crippen LogP contribution in [0.1, 0.15) is 44.8 Å². The Hall–Kier alpha value is -5.60. The smallest absolute Gasteiger partial charge is 0.266 e. The van der Waals surface area contributed by atoms with Crippen LogP contribution in [-0.4, -0.2) is 21.8 Å². The highest BCUT2D eigenvalue weighted by Crippen LogP contribution is 2.29. The second kappa shape index (κ2) is 11.6. The number of aryl methyl sites for hydroxylation is 2. The number of aromatic nitrogens is 2.